The van der Waals surface area contributed by atoms with Crippen LogP contribution in [0.4, 0.5) is 0 Å². The molecule has 7 heteroatoms. The van der Waals surface area contributed by atoms with E-state index in [1.807, 2.05) is 18.2 Å². The lowest BCUT2D eigenvalue weighted by Gasteiger charge is -2.14. The van der Waals surface area contributed by atoms with Crippen LogP contribution in [0.2, 0.25) is 0 Å². The molecule has 3 aromatic rings. The fraction of sp³-hybridized carbons (Fsp3) is 0.250. The molecular weight excluding hydrogens is 352 g/mol. The molecule has 0 fully saturated rings. The van der Waals surface area contributed by atoms with E-state index in [2.05, 4.69) is 0 Å². The fourth-order valence-corrected chi connectivity index (χ4v) is 3.44. The Morgan fingerprint density at radius 1 is 0.889 bits per heavy atom. The lowest BCUT2D eigenvalue weighted by atomic mass is 9.93. The molecule has 3 heterocycles. The molecule has 138 valence electrons. The average Bonchev–Trinajstić information content (AvgIpc) is 3.32. The van der Waals surface area contributed by atoms with Crippen molar-refractivity contribution in [1.29, 1.82) is 0 Å². The molecule has 0 bridgehead atoms. The highest BCUT2D eigenvalue weighted by Crippen LogP contribution is 2.37. The maximum absolute atomic E-state index is 12.5. The number of aliphatic hydroxyl groups is 1. The van der Waals surface area contributed by atoms with Crippen LogP contribution in [0.1, 0.15) is 17.0 Å². The molecule has 7 nitrogen and oxygen atoms in total. The molecule has 2 aromatic carbocycles. The summed E-state index contributed by atoms with van der Waals surface area (Å²) < 4.78 is 26.9. The van der Waals surface area contributed by atoms with Gasteiger partial charge < -0.3 is 28.5 Å². The van der Waals surface area contributed by atoms with Crippen molar-refractivity contribution in [2.45, 2.75) is 12.3 Å². The SMILES string of the molecule is O=c1oc2cc3c(cc2cc1[C@@H](CO)Cc1ccc2c(c1)OCO2)OCO3. The zero-order valence-electron chi connectivity index (χ0n) is 14.3. The van der Waals surface area contributed by atoms with E-state index in [0.29, 0.717) is 40.6 Å². The Balaban J connectivity index is 1.51. The van der Waals surface area contributed by atoms with Crippen LogP contribution in [-0.2, 0) is 6.42 Å². The predicted octanol–water partition coefficient (Wildman–Crippen LogP) is 2.57. The van der Waals surface area contributed by atoms with Crippen LogP contribution >= 0.6 is 0 Å². The van der Waals surface area contributed by atoms with Crippen molar-refractivity contribution in [3.63, 3.8) is 0 Å². The first-order chi connectivity index (χ1) is 13.2. The fourth-order valence-electron chi connectivity index (χ4n) is 3.44. The molecule has 5 rings (SSSR count). The Morgan fingerprint density at radius 3 is 2.37 bits per heavy atom. The first-order valence-corrected chi connectivity index (χ1v) is 8.58. The zero-order valence-corrected chi connectivity index (χ0v) is 14.3. The summed E-state index contributed by atoms with van der Waals surface area (Å²) in [6.45, 7) is 0.161. The van der Waals surface area contributed by atoms with Gasteiger partial charge in [0.2, 0.25) is 13.6 Å². The molecule has 0 spiro atoms. The van der Waals surface area contributed by atoms with Gasteiger partial charge in [0.25, 0.3) is 0 Å². The predicted molar refractivity (Wildman–Crippen MR) is 94.7 cm³/mol. The molecule has 2 aliphatic rings. The molecule has 1 N–H and O–H groups in total. The maximum atomic E-state index is 12.5. The molecule has 0 saturated carbocycles. The van der Waals surface area contributed by atoms with Gasteiger partial charge in [0, 0.05) is 22.9 Å². The lowest BCUT2D eigenvalue weighted by molar-refractivity contribution is 0.173. The van der Waals surface area contributed by atoms with Crippen molar-refractivity contribution >= 4 is 11.0 Å². The van der Waals surface area contributed by atoms with E-state index < -0.39 is 11.5 Å². The Labute approximate surface area is 153 Å². The van der Waals surface area contributed by atoms with E-state index in [9.17, 15) is 9.90 Å². The maximum Gasteiger partial charge on any atom is 0.339 e. The smallest absolute Gasteiger partial charge is 0.339 e. The highest BCUT2D eigenvalue weighted by atomic mass is 16.7. The van der Waals surface area contributed by atoms with Crippen molar-refractivity contribution < 1.29 is 28.5 Å². The van der Waals surface area contributed by atoms with Crippen LogP contribution in [0.25, 0.3) is 11.0 Å². The number of hydrogen-bond donors (Lipinski definition) is 1. The largest absolute Gasteiger partial charge is 0.454 e. The van der Waals surface area contributed by atoms with E-state index in [4.69, 9.17) is 23.4 Å². The van der Waals surface area contributed by atoms with Crippen molar-refractivity contribution in [2.24, 2.45) is 0 Å². The molecule has 0 unspecified atom stereocenters. The number of fused-ring (bicyclic) bond motifs is 3. The van der Waals surface area contributed by atoms with Gasteiger partial charge in [0.1, 0.15) is 5.58 Å². The van der Waals surface area contributed by atoms with Gasteiger partial charge in [-0.05, 0) is 36.2 Å². The van der Waals surface area contributed by atoms with Crippen LogP contribution in [0, 0.1) is 0 Å². The number of benzene rings is 2. The summed E-state index contributed by atoms with van der Waals surface area (Å²) in [5.74, 6) is 2.12. The van der Waals surface area contributed by atoms with Gasteiger partial charge in [-0.15, -0.1) is 0 Å². The highest BCUT2D eigenvalue weighted by Gasteiger charge is 2.22. The highest BCUT2D eigenvalue weighted by molar-refractivity contribution is 5.81. The zero-order chi connectivity index (χ0) is 18.4. The second-order valence-electron chi connectivity index (χ2n) is 6.50. The number of ether oxygens (including phenoxy) is 4. The van der Waals surface area contributed by atoms with Crippen molar-refractivity contribution in [1.82, 2.24) is 0 Å². The molecule has 0 radical (unpaired) electrons. The third kappa shape index (κ3) is 2.76. The molecule has 0 saturated heterocycles. The van der Waals surface area contributed by atoms with Crippen LogP contribution in [-0.4, -0.2) is 25.3 Å². The molecule has 0 aliphatic carbocycles. The molecule has 27 heavy (non-hydrogen) atoms. The van der Waals surface area contributed by atoms with E-state index in [1.165, 1.54) is 0 Å². The summed E-state index contributed by atoms with van der Waals surface area (Å²) in [6.07, 6.45) is 0.466. The minimum Gasteiger partial charge on any atom is -0.454 e. The van der Waals surface area contributed by atoms with Gasteiger partial charge in [-0.1, -0.05) is 6.07 Å². The Bertz CT molecular complexity index is 1090. The Hall–Kier alpha value is -3.19. The molecule has 1 aromatic heterocycles. The second kappa shape index (κ2) is 6.21. The van der Waals surface area contributed by atoms with Crippen LogP contribution in [0.3, 0.4) is 0 Å². The van der Waals surface area contributed by atoms with E-state index in [0.717, 1.165) is 10.9 Å². The first kappa shape index (κ1) is 16.0. The van der Waals surface area contributed by atoms with Crippen LogP contribution in [0.5, 0.6) is 23.0 Å². The van der Waals surface area contributed by atoms with Crippen LogP contribution in [0.15, 0.2) is 45.6 Å². The lowest BCUT2D eigenvalue weighted by Crippen LogP contribution is -2.17. The first-order valence-electron chi connectivity index (χ1n) is 8.58. The molecule has 0 amide bonds. The number of hydrogen-bond acceptors (Lipinski definition) is 7. The third-order valence-electron chi connectivity index (χ3n) is 4.83. The molecule has 1 atom stereocenters. The number of rotatable bonds is 4. The molecule has 2 aliphatic heterocycles. The van der Waals surface area contributed by atoms with E-state index >= 15 is 0 Å². The number of aliphatic hydroxyl groups excluding tert-OH is 1. The van der Waals surface area contributed by atoms with E-state index in [-0.39, 0.29) is 20.2 Å². The van der Waals surface area contributed by atoms with Gasteiger partial charge in [-0.2, -0.15) is 0 Å². The third-order valence-corrected chi connectivity index (χ3v) is 4.83. The minimum atomic E-state index is -0.471. The summed E-state index contributed by atoms with van der Waals surface area (Å²) in [7, 11) is 0. The van der Waals surface area contributed by atoms with Gasteiger partial charge in [-0.25, -0.2) is 4.79 Å². The normalized spacial score (nSPS) is 15.3. The van der Waals surface area contributed by atoms with E-state index in [1.54, 1.807) is 18.2 Å². The minimum absolute atomic E-state index is 0.145. The Morgan fingerprint density at radius 2 is 1.59 bits per heavy atom. The van der Waals surface area contributed by atoms with Gasteiger partial charge in [0.05, 0.1) is 6.61 Å². The van der Waals surface area contributed by atoms with Crippen molar-refractivity contribution in [2.75, 3.05) is 20.2 Å². The molecular formula is C20H16O7. The van der Waals surface area contributed by atoms with Crippen LogP contribution < -0.4 is 24.6 Å². The second-order valence-corrected chi connectivity index (χ2v) is 6.50. The van der Waals surface area contributed by atoms with Gasteiger partial charge >= 0.3 is 5.63 Å². The summed E-state index contributed by atoms with van der Waals surface area (Å²) in [5, 5.41) is 10.6. The summed E-state index contributed by atoms with van der Waals surface area (Å²) in [4.78, 5) is 12.5. The monoisotopic (exact) mass is 368 g/mol. The van der Waals surface area contributed by atoms with Gasteiger partial charge in [0.15, 0.2) is 23.0 Å². The average molecular weight is 368 g/mol. The topological polar surface area (TPSA) is 87.4 Å². The standard InChI is InChI=1S/C20H16O7/c21-8-13(3-11-1-2-15-17(4-11)24-9-23-15)14-5-12-6-18-19(26-10-25-18)7-16(12)27-20(14)22/h1-2,4-7,13,21H,3,8-10H2/t13-/m1/s1. The van der Waals surface area contributed by atoms with Crippen molar-refractivity contribution in [3.8, 4) is 23.0 Å². The summed E-state index contributed by atoms with van der Waals surface area (Å²) in [6, 6.07) is 10.8. The quantitative estimate of drug-likeness (QED) is 0.708. The summed E-state index contributed by atoms with van der Waals surface area (Å²) >= 11 is 0. The van der Waals surface area contributed by atoms with Crippen molar-refractivity contribution in [3.05, 3.63) is 57.9 Å². The summed E-state index contributed by atoms with van der Waals surface area (Å²) in [5.41, 5.74) is 1.30. The van der Waals surface area contributed by atoms with Gasteiger partial charge in [-0.3, -0.25) is 0 Å². The Kier molecular flexibility index (Phi) is 3.68.